The normalized spacial score (nSPS) is 14.6. The van der Waals surface area contributed by atoms with Gasteiger partial charge in [0.15, 0.2) is 12.2 Å². The quantitative estimate of drug-likeness (QED) is 0.0222. The van der Waals surface area contributed by atoms with Gasteiger partial charge in [0.05, 0.1) is 26.4 Å². The molecule has 5 unspecified atom stereocenters. The van der Waals surface area contributed by atoms with E-state index in [1.54, 1.807) is 0 Å². The van der Waals surface area contributed by atoms with Crippen molar-refractivity contribution >= 4 is 39.5 Å². The summed E-state index contributed by atoms with van der Waals surface area (Å²) in [7, 11) is -9.92. The van der Waals surface area contributed by atoms with E-state index in [-0.39, 0.29) is 25.7 Å². The average molecular weight is 1470 g/mol. The van der Waals surface area contributed by atoms with Gasteiger partial charge in [0.25, 0.3) is 0 Å². The zero-order valence-corrected chi connectivity index (χ0v) is 67.6. The molecule has 0 aromatic carbocycles. The molecule has 0 spiro atoms. The molecule has 100 heavy (non-hydrogen) atoms. The van der Waals surface area contributed by atoms with Crippen molar-refractivity contribution in [3.63, 3.8) is 0 Å². The van der Waals surface area contributed by atoms with Gasteiger partial charge < -0.3 is 33.8 Å². The van der Waals surface area contributed by atoms with E-state index in [1.165, 1.54) is 212 Å². The predicted octanol–water partition coefficient (Wildman–Crippen LogP) is 24.0. The van der Waals surface area contributed by atoms with Gasteiger partial charge in [-0.05, 0) is 49.4 Å². The number of phosphoric ester groups is 2. The summed E-state index contributed by atoms with van der Waals surface area (Å²) in [5, 5.41) is 10.6. The number of carbonyl (C=O) groups excluding carboxylic acids is 4. The minimum atomic E-state index is -4.96. The van der Waals surface area contributed by atoms with E-state index in [4.69, 9.17) is 37.0 Å². The van der Waals surface area contributed by atoms with Gasteiger partial charge in [0.2, 0.25) is 0 Å². The van der Waals surface area contributed by atoms with Crippen LogP contribution in [-0.4, -0.2) is 96.7 Å². The van der Waals surface area contributed by atoms with Crippen LogP contribution in [0, 0.1) is 23.7 Å². The molecule has 0 aliphatic rings. The summed E-state index contributed by atoms with van der Waals surface area (Å²) in [6.07, 6.45) is 56.8. The number of carbonyl (C=O) groups is 4. The van der Waals surface area contributed by atoms with Crippen molar-refractivity contribution in [2.45, 2.75) is 433 Å². The first kappa shape index (κ1) is 98.1. The Bertz CT molecular complexity index is 1960. The minimum absolute atomic E-state index is 0.106. The van der Waals surface area contributed by atoms with Gasteiger partial charge in [-0.15, -0.1) is 0 Å². The van der Waals surface area contributed by atoms with Gasteiger partial charge in [0, 0.05) is 25.7 Å². The van der Waals surface area contributed by atoms with Crippen LogP contribution < -0.4 is 0 Å². The Balaban J connectivity index is 5.23. The number of phosphoric acid groups is 2. The van der Waals surface area contributed by atoms with E-state index in [0.29, 0.717) is 31.6 Å². The summed E-state index contributed by atoms with van der Waals surface area (Å²) in [5.74, 6) is 1.05. The Labute approximate surface area is 613 Å². The monoisotopic (exact) mass is 1470 g/mol. The van der Waals surface area contributed by atoms with Gasteiger partial charge >= 0.3 is 39.5 Å². The lowest BCUT2D eigenvalue weighted by Crippen LogP contribution is -2.30. The van der Waals surface area contributed by atoms with Crippen LogP contribution >= 0.6 is 15.6 Å². The Morgan fingerprint density at radius 2 is 0.480 bits per heavy atom. The predicted molar refractivity (Wildman–Crippen MR) is 409 cm³/mol. The first-order valence-electron chi connectivity index (χ1n) is 41.8. The number of ether oxygens (including phenoxy) is 4. The fourth-order valence-corrected chi connectivity index (χ4v) is 13.9. The van der Waals surface area contributed by atoms with Gasteiger partial charge in [-0.1, -0.05) is 364 Å². The van der Waals surface area contributed by atoms with E-state index < -0.39 is 97.5 Å². The molecule has 3 N–H and O–H groups in total. The van der Waals surface area contributed by atoms with Crippen LogP contribution in [0.3, 0.4) is 0 Å². The largest absolute Gasteiger partial charge is 0.472 e. The number of aliphatic hydroxyl groups excluding tert-OH is 1. The van der Waals surface area contributed by atoms with E-state index in [1.807, 2.05) is 0 Å². The molecule has 0 amide bonds. The standard InChI is InChI=1S/C81H158O17P2/c1-9-73(7)59-51-43-35-27-21-17-14-15-18-22-29-37-45-53-61-78(83)91-67-76(97-81(86)64-56-48-39-31-25-24-28-36-44-52-60-74(8)10-2)69-95-99(87,88)93-65-75(82)66-94-100(89,90)96-70-77(68-92-79(84)62-54-46-40-32-34-42-50-58-72(5)6)98-80(85)63-55-47-38-30-23-19-13-11-12-16-20-26-33-41-49-57-71(3)4/h71-77,82H,9-70H2,1-8H3,(H,87,88)(H,89,90)/t73?,74?,75?,76-,77-/m1/s1. The van der Waals surface area contributed by atoms with Crippen molar-refractivity contribution in [1.29, 1.82) is 0 Å². The molecule has 19 heteroatoms. The van der Waals surface area contributed by atoms with Gasteiger partial charge in [-0.25, -0.2) is 9.13 Å². The number of hydrogen-bond donors (Lipinski definition) is 3. The lowest BCUT2D eigenvalue weighted by Gasteiger charge is -2.21. The van der Waals surface area contributed by atoms with Crippen LogP contribution in [0.4, 0.5) is 0 Å². The molecule has 0 fully saturated rings. The lowest BCUT2D eigenvalue weighted by atomic mass is 9.99. The first-order valence-corrected chi connectivity index (χ1v) is 44.8. The highest BCUT2D eigenvalue weighted by molar-refractivity contribution is 7.47. The molecule has 0 aliphatic carbocycles. The van der Waals surface area contributed by atoms with E-state index in [9.17, 15) is 43.2 Å². The molecular formula is C81H158O17P2. The second-order valence-electron chi connectivity index (χ2n) is 30.6. The molecule has 0 radical (unpaired) electrons. The Morgan fingerprint density at radius 3 is 0.710 bits per heavy atom. The van der Waals surface area contributed by atoms with Crippen molar-refractivity contribution in [3.05, 3.63) is 0 Å². The average Bonchev–Trinajstić information content (AvgIpc) is 1.18. The molecule has 0 saturated heterocycles. The number of rotatable bonds is 78. The third-order valence-electron chi connectivity index (χ3n) is 19.5. The maximum absolute atomic E-state index is 13.1. The molecule has 0 heterocycles. The summed E-state index contributed by atoms with van der Waals surface area (Å²) in [6.45, 7) is 14.3. The van der Waals surface area contributed by atoms with E-state index >= 15 is 0 Å². The minimum Gasteiger partial charge on any atom is -0.462 e. The van der Waals surface area contributed by atoms with E-state index in [2.05, 4.69) is 55.4 Å². The number of hydrogen-bond acceptors (Lipinski definition) is 15. The first-order chi connectivity index (χ1) is 48.2. The summed E-state index contributed by atoms with van der Waals surface area (Å²) in [6, 6.07) is 0. The van der Waals surface area contributed by atoms with E-state index in [0.717, 1.165) is 114 Å². The summed E-state index contributed by atoms with van der Waals surface area (Å²) in [5.41, 5.74) is 0. The van der Waals surface area contributed by atoms with Gasteiger partial charge in [-0.2, -0.15) is 0 Å². The highest BCUT2D eigenvalue weighted by atomic mass is 31.2. The molecule has 594 valence electrons. The fraction of sp³-hybridized carbons (Fsp3) is 0.951. The number of unbranched alkanes of at least 4 members (excludes halogenated alkanes) is 42. The van der Waals surface area contributed by atoms with Gasteiger partial charge in [-0.3, -0.25) is 37.3 Å². The second kappa shape index (κ2) is 70.1. The smallest absolute Gasteiger partial charge is 0.462 e. The third kappa shape index (κ3) is 71.7. The Kier molecular flexibility index (Phi) is 68.7. The van der Waals surface area contributed by atoms with Crippen molar-refractivity contribution in [2.24, 2.45) is 23.7 Å². The highest BCUT2D eigenvalue weighted by Gasteiger charge is 2.30. The van der Waals surface area contributed by atoms with Crippen molar-refractivity contribution in [1.82, 2.24) is 0 Å². The Hall–Kier alpha value is -1.94. The van der Waals surface area contributed by atoms with Crippen molar-refractivity contribution in [3.8, 4) is 0 Å². The summed E-state index contributed by atoms with van der Waals surface area (Å²) < 4.78 is 68.7. The molecule has 0 rings (SSSR count). The summed E-state index contributed by atoms with van der Waals surface area (Å²) in [4.78, 5) is 73.0. The number of aliphatic hydroxyl groups is 1. The lowest BCUT2D eigenvalue weighted by molar-refractivity contribution is -0.161. The molecular weight excluding hydrogens is 1310 g/mol. The molecule has 17 nitrogen and oxygen atoms in total. The Morgan fingerprint density at radius 1 is 0.280 bits per heavy atom. The van der Waals surface area contributed by atoms with Crippen LogP contribution in [-0.2, 0) is 65.4 Å². The molecule has 7 atom stereocenters. The zero-order valence-electron chi connectivity index (χ0n) is 65.8. The molecule has 0 saturated carbocycles. The summed E-state index contributed by atoms with van der Waals surface area (Å²) >= 11 is 0. The van der Waals surface area contributed by atoms with Crippen molar-refractivity contribution in [2.75, 3.05) is 39.6 Å². The maximum atomic E-state index is 13.1. The number of esters is 4. The molecule has 0 bridgehead atoms. The SMILES string of the molecule is CCC(C)CCCCCCCCCCCCCCCCC(=O)OC[C@H](COP(=O)(O)OCC(O)COP(=O)(O)OC[C@@H](COC(=O)CCCCCCCCCC(C)C)OC(=O)CCCCCCCCCCCCCCCCCC(C)C)OC(=O)CCCCCCCCCCCCC(C)CC. The van der Waals surface area contributed by atoms with Crippen LogP contribution in [0.15, 0.2) is 0 Å². The molecule has 0 aromatic heterocycles. The van der Waals surface area contributed by atoms with Crippen LogP contribution in [0.5, 0.6) is 0 Å². The third-order valence-corrected chi connectivity index (χ3v) is 21.4. The second-order valence-corrected chi connectivity index (χ2v) is 33.5. The van der Waals surface area contributed by atoms with Gasteiger partial charge in [0.1, 0.15) is 19.3 Å². The molecule has 0 aliphatic heterocycles. The topological polar surface area (TPSA) is 237 Å². The highest BCUT2D eigenvalue weighted by Crippen LogP contribution is 2.45. The molecule has 0 aromatic rings. The van der Waals surface area contributed by atoms with Crippen LogP contribution in [0.1, 0.15) is 415 Å². The maximum Gasteiger partial charge on any atom is 0.472 e. The van der Waals surface area contributed by atoms with Crippen LogP contribution in [0.25, 0.3) is 0 Å². The fourth-order valence-electron chi connectivity index (χ4n) is 12.4. The van der Waals surface area contributed by atoms with Crippen LogP contribution in [0.2, 0.25) is 0 Å². The van der Waals surface area contributed by atoms with Crippen molar-refractivity contribution < 1.29 is 80.2 Å². The zero-order chi connectivity index (χ0) is 73.8.